The molecule has 1 heterocycles. The minimum Gasteiger partial charge on any atom is -0.240 e. The van der Waals surface area contributed by atoms with Crippen LogP contribution in [0, 0.1) is 11.3 Å². The van der Waals surface area contributed by atoms with Crippen LogP contribution in [0.15, 0.2) is 18.5 Å². The third-order valence-electron chi connectivity index (χ3n) is 1.21. The molecule has 0 N–H and O–H groups in total. The SMILES string of the molecule is N#CC(CCl)c1ncccn1. The molecule has 1 rings (SSSR count). The van der Waals surface area contributed by atoms with Crippen molar-refractivity contribution in [3.8, 4) is 6.07 Å². The molecule has 4 heteroatoms. The lowest BCUT2D eigenvalue weighted by Gasteiger charge is -1.99. The number of aromatic nitrogens is 2. The fraction of sp³-hybridized carbons (Fsp3) is 0.286. The highest BCUT2D eigenvalue weighted by atomic mass is 35.5. The van der Waals surface area contributed by atoms with E-state index < -0.39 is 5.92 Å². The standard InChI is InChI=1S/C7H6ClN3/c8-4-6(5-9)7-10-2-1-3-11-7/h1-3,6H,4H2. The molecule has 0 aliphatic rings. The van der Waals surface area contributed by atoms with E-state index in [1.54, 1.807) is 18.5 Å². The Hall–Kier alpha value is -1.14. The first-order valence-electron chi connectivity index (χ1n) is 3.11. The summed E-state index contributed by atoms with van der Waals surface area (Å²) in [7, 11) is 0. The summed E-state index contributed by atoms with van der Waals surface area (Å²) in [5.41, 5.74) is 0. The molecule has 1 aromatic heterocycles. The highest BCUT2D eigenvalue weighted by Gasteiger charge is 2.10. The first-order chi connectivity index (χ1) is 5.38. The molecular formula is C7H6ClN3. The van der Waals surface area contributed by atoms with Crippen molar-refractivity contribution in [2.24, 2.45) is 0 Å². The zero-order valence-corrected chi connectivity index (χ0v) is 6.49. The van der Waals surface area contributed by atoms with Gasteiger partial charge >= 0.3 is 0 Å². The van der Waals surface area contributed by atoms with E-state index >= 15 is 0 Å². The minimum absolute atomic E-state index is 0.237. The van der Waals surface area contributed by atoms with Gasteiger partial charge in [0.2, 0.25) is 0 Å². The molecule has 0 aliphatic carbocycles. The minimum atomic E-state index is -0.391. The van der Waals surface area contributed by atoms with Crippen molar-refractivity contribution in [3.63, 3.8) is 0 Å². The van der Waals surface area contributed by atoms with E-state index in [1.807, 2.05) is 6.07 Å². The molecule has 1 unspecified atom stereocenters. The summed E-state index contributed by atoms with van der Waals surface area (Å²) in [5, 5.41) is 8.57. The Morgan fingerprint density at radius 3 is 2.64 bits per heavy atom. The van der Waals surface area contributed by atoms with Gasteiger partial charge in [-0.3, -0.25) is 0 Å². The van der Waals surface area contributed by atoms with Gasteiger partial charge in [0.15, 0.2) is 0 Å². The zero-order chi connectivity index (χ0) is 8.10. The normalized spacial score (nSPS) is 12.0. The molecular weight excluding hydrogens is 162 g/mol. The zero-order valence-electron chi connectivity index (χ0n) is 5.74. The molecule has 11 heavy (non-hydrogen) atoms. The van der Waals surface area contributed by atoms with Crippen molar-refractivity contribution in [3.05, 3.63) is 24.3 Å². The van der Waals surface area contributed by atoms with Gasteiger partial charge in [-0.15, -0.1) is 11.6 Å². The first-order valence-corrected chi connectivity index (χ1v) is 3.64. The maximum Gasteiger partial charge on any atom is 0.146 e. The number of nitriles is 1. The Morgan fingerprint density at radius 2 is 2.18 bits per heavy atom. The fourth-order valence-electron chi connectivity index (χ4n) is 0.652. The average Bonchev–Trinajstić information content (AvgIpc) is 2.09. The lowest BCUT2D eigenvalue weighted by molar-refractivity contribution is 0.859. The van der Waals surface area contributed by atoms with Gasteiger partial charge in [0.1, 0.15) is 11.7 Å². The van der Waals surface area contributed by atoms with Crippen molar-refractivity contribution >= 4 is 11.6 Å². The Kier molecular flexibility index (Phi) is 2.82. The summed E-state index contributed by atoms with van der Waals surface area (Å²) in [6, 6.07) is 3.71. The highest BCUT2D eigenvalue weighted by Crippen LogP contribution is 2.09. The van der Waals surface area contributed by atoms with E-state index in [9.17, 15) is 0 Å². The van der Waals surface area contributed by atoms with Crippen LogP contribution in [-0.2, 0) is 0 Å². The van der Waals surface area contributed by atoms with Crippen LogP contribution in [0.5, 0.6) is 0 Å². The van der Waals surface area contributed by atoms with E-state index in [2.05, 4.69) is 9.97 Å². The van der Waals surface area contributed by atoms with Gasteiger partial charge in [-0.25, -0.2) is 9.97 Å². The summed E-state index contributed by atoms with van der Waals surface area (Å²) in [5.74, 6) is 0.336. The predicted molar refractivity (Wildman–Crippen MR) is 41.1 cm³/mol. The first kappa shape index (κ1) is 7.96. The van der Waals surface area contributed by atoms with Crippen LogP contribution < -0.4 is 0 Å². The number of rotatable bonds is 2. The third kappa shape index (κ3) is 1.89. The topological polar surface area (TPSA) is 49.6 Å². The van der Waals surface area contributed by atoms with E-state index in [0.717, 1.165) is 0 Å². The Morgan fingerprint density at radius 1 is 1.55 bits per heavy atom. The van der Waals surface area contributed by atoms with Crippen molar-refractivity contribution < 1.29 is 0 Å². The van der Waals surface area contributed by atoms with E-state index in [-0.39, 0.29) is 5.88 Å². The number of hydrogen-bond donors (Lipinski definition) is 0. The smallest absolute Gasteiger partial charge is 0.146 e. The van der Waals surface area contributed by atoms with E-state index in [1.165, 1.54) is 0 Å². The van der Waals surface area contributed by atoms with E-state index in [4.69, 9.17) is 16.9 Å². The summed E-state index contributed by atoms with van der Waals surface area (Å²) in [4.78, 5) is 7.81. The summed E-state index contributed by atoms with van der Waals surface area (Å²) in [6.45, 7) is 0. The van der Waals surface area contributed by atoms with Crippen LogP contribution >= 0.6 is 11.6 Å². The molecule has 0 amide bonds. The summed E-state index contributed by atoms with van der Waals surface area (Å²) < 4.78 is 0. The maximum atomic E-state index is 8.57. The number of nitrogens with zero attached hydrogens (tertiary/aromatic N) is 3. The quantitative estimate of drug-likeness (QED) is 0.625. The van der Waals surface area contributed by atoms with Gasteiger partial charge in [-0.1, -0.05) is 0 Å². The average molecular weight is 168 g/mol. The van der Waals surface area contributed by atoms with Crippen molar-refractivity contribution in [2.45, 2.75) is 5.92 Å². The molecule has 56 valence electrons. The largest absolute Gasteiger partial charge is 0.240 e. The molecule has 0 spiro atoms. The highest BCUT2D eigenvalue weighted by molar-refractivity contribution is 6.18. The lowest BCUT2D eigenvalue weighted by atomic mass is 10.2. The lowest BCUT2D eigenvalue weighted by Crippen LogP contribution is -2.02. The molecule has 0 radical (unpaired) electrons. The van der Waals surface area contributed by atoms with Crippen LogP contribution in [0.3, 0.4) is 0 Å². The van der Waals surface area contributed by atoms with Crippen LogP contribution in [-0.4, -0.2) is 15.8 Å². The number of alkyl halides is 1. The molecule has 1 atom stereocenters. The molecule has 3 nitrogen and oxygen atoms in total. The van der Waals surface area contributed by atoms with Gasteiger partial charge in [0.05, 0.1) is 6.07 Å². The van der Waals surface area contributed by atoms with E-state index in [0.29, 0.717) is 5.82 Å². The molecule has 0 saturated heterocycles. The Balaban J connectivity index is 2.85. The van der Waals surface area contributed by atoms with Gasteiger partial charge in [0, 0.05) is 18.3 Å². The number of halogens is 1. The fourth-order valence-corrected chi connectivity index (χ4v) is 0.859. The van der Waals surface area contributed by atoms with Crippen LogP contribution in [0.2, 0.25) is 0 Å². The maximum absolute atomic E-state index is 8.57. The predicted octanol–water partition coefficient (Wildman–Crippen LogP) is 1.32. The molecule has 0 aliphatic heterocycles. The van der Waals surface area contributed by atoms with Crippen molar-refractivity contribution in [2.75, 3.05) is 5.88 Å². The molecule has 0 fully saturated rings. The third-order valence-corrected chi connectivity index (χ3v) is 1.52. The van der Waals surface area contributed by atoms with Crippen LogP contribution in [0.1, 0.15) is 11.7 Å². The van der Waals surface area contributed by atoms with Crippen molar-refractivity contribution in [1.29, 1.82) is 5.26 Å². The monoisotopic (exact) mass is 167 g/mol. The second kappa shape index (κ2) is 3.89. The summed E-state index contributed by atoms with van der Waals surface area (Å²) in [6.07, 6.45) is 3.19. The van der Waals surface area contributed by atoms with Crippen molar-refractivity contribution in [1.82, 2.24) is 9.97 Å². The molecule has 0 bridgehead atoms. The molecule has 0 saturated carbocycles. The van der Waals surface area contributed by atoms with Gasteiger partial charge in [-0.05, 0) is 6.07 Å². The number of hydrogen-bond acceptors (Lipinski definition) is 3. The molecule has 0 aromatic carbocycles. The Bertz CT molecular complexity index is 254. The second-order valence-electron chi connectivity index (χ2n) is 1.94. The summed E-state index contributed by atoms with van der Waals surface area (Å²) >= 11 is 5.50. The van der Waals surface area contributed by atoms with Crippen LogP contribution in [0.25, 0.3) is 0 Å². The van der Waals surface area contributed by atoms with Gasteiger partial charge in [-0.2, -0.15) is 5.26 Å². The Labute approximate surface area is 69.7 Å². The van der Waals surface area contributed by atoms with Gasteiger partial charge in [0.25, 0.3) is 0 Å². The van der Waals surface area contributed by atoms with Crippen LogP contribution in [0.4, 0.5) is 0 Å². The van der Waals surface area contributed by atoms with Gasteiger partial charge < -0.3 is 0 Å². The molecule has 1 aromatic rings. The second-order valence-corrected chi connectivity index (χ2v) is 2.25.